The van der Waals surface area contributed by atoms with E-state index >= 15 is 4.39 Å². The van der Waals surface area contributed by atoms with Gasteiger partial charge in [0.15, 0.2) is 0 Å². The molecule has 2 unspecified atom stereocenters. The predicted molar refractivity (Wildman–Crippen MR) is 108 cm³/mol. The van der Waals surface area contributed by atoms with E-state index in [9.17, 15) is 22.9 Å². The van der Waals surface area contributed by atoms with Crippen LogP contribution in [0.15, 0.2) is 42.5 Å². The van der Waals surface area contributed by atoms with Gasteiger partial charge in [-0.3, -0.25) is 5.32 Å². The molecule has 2 aromatic rings. The number of carbonyl (C=O) groups is 1. The zero-order valence-electron chi connectivity index (χ0n) is 16.3. The maximum Gasteiger partial charge on any atom is 0.407 e. The van der Waals surface area contributed by atoms with Crippen molar-refractivity contribution in [1.29, 1.82) is 0 Å². The molecule has 2 aliphatic rings. The number of hydrogen-bond donors (Lipinski definition) is 3. The molecule has 0 radical (unpaired) electrons. The Balaban J connectivity index is 1.68. The summed E-state index contributed by atoms with van der Waals surface area (Å²) in [6.45, 7) is 0.140. The molecule has 4 atom stereocenters. The van der Waals surface area contributed by atoms with Crippen LogP contribution in [0.1, 0.15) is 18.4 Å². The minimum Gasteiger partial charge on any atom is -0.465 e. The highest BCUT2D eigenvalue weighted by atomic mass is 32.2. The Morgan fingerprint density at radius 3 is 2.58 bits per heavy atom. The van der Waals surface area contributed by atoms with Gasteiger partial charge in [-0.2, -0.15) is 0 Å². The number of amides is 1. The van der Waals surface area contributed by atoms with Crippen molar-refractivity contribution >= 4 is 17.2 Å². The van der Waals surface area contributed by atoms with Crippen molar-refractivity contribution in [1.82, 2.24) is 10.2 Å². The van der Waals surface area contributed by atoms with E-state index in [0.29, 0.717) is 18.4 Å². The monoisotopic (exact) mass is 454 g/mol. The third-order valence-electron chi connectivity index (χ3n) is 6.20. The fourth-order valence-electron chi connectivity index (χ4n) is 4.54. The molecule has 0 bridgehead atoms. The van der Waals surface area contributed by atoms with Crippen molar-refractivity contribution in [2.45, 2.75) is 37.0 Å². The van der Waals surface area contributed by atoms with E-state index in [1.165, 1.54) is 30.3 Å². The van der Waals surface area contributed by atoms with Gasteiger partial charge in [-0.25, -0.2) is 22.2 Å². The van der Waals surface area contributed by atoms with Crippen molar-refractivity contribution in [3.63, 3.8) is 0 Å². The second-order valence-corrected chi connectivity index (χ2v) is 9.04. The van der Waals surface area contributed by atoms with Gasteiger partial charge in [0.25, 0.3) is 5.63 Å². The summed E-state index contributed by atoms with van der Waals surface area (Å²) in [5.41, 5.74) is -2.08. The summed E-state index contributed by atoms with van der Waals surface area (Å²) in [6.07, 6.45) is -0.00279. The molecule has 4 rings (SSSR count). The molecule has 2 fully saturated rings. The molecule has 1 amide bonds. The van der Waals surface area contributed by atoms with Gasteiger partial charge in [-0.15, -0.1) is 0 Å². The number of rotatable bonds is 6. The SMILES string of the molecule is O=C(O)N1CC2(CC2)[C@H](NC(F)S(=O)O)[C@@H]1Cc1cccc(-c2cccc(F)c2)c1F. The molecule has 1 spiro atoms. The molecule has 1 saturated heterocycles. The number of halogens is 3. The van der Waals surface area contributed by atoms with E-state index < -0.39 is 51.9 Å². The molecule has 2 aromatic carbocycles. The highest BCUT2D eigenvalue weighted by Gasteiger charge is 2.61. The zero-order valence-corrected chi connectivity index (χ0v) is 17.1. The maximum absolute atomic E-state index is 15.3. The van der Waals surface area contributed by atoms with Gasteiger partial charge in [0.2, 0.25) is 11.1 Å². The average Bonchev–Trinajstić information content (AvgIpc) is 3.43. The topological polar surface area (TPSA) is 89.9 Å². The molecule has 10 heteroatoms. The second kappa shape index (κ2) is 8.25. The number of likely N-dealkylation sites (tertiary alicyclic amines) is 1. The van der Waals surface area contributed by atoms with Gasteiger partial charge in [0.05, 0.1) is 6.04 Å². The van der Waals surface area contributed by atoms with Crippen LogP contribution in [0.5, 0.6) is 0 Å². The van der Waals surface area contributed by atoms with Gasteiger partial charge >= 0.3 is 6.09 Å². The Kier molecular flexibility index (Phi) is 5.80. The van der Waals surface area contributed by atoms with Crippen LogP contribution in [0.4, 0.5) is 18.0 Å². The van der Waals surface area contributed by atoms with Crippen LogP contribution in [0.2, 0.25) is 0 Å². The first-order valence-corrected chi connectivity index (χ1v) is 10.9. The van der Waals surface area contributed by atoms with Gasteiger partial charge < -0.3 is 14.6 Å². The van der Waals surface area contributed by atoms with Gasteiger partial charge in [0, 0.05) is 23.6 Å². The van der Waals surface area contributed by atoms with Crippen LogP contribution in [-0.4, -0.2) is 49.1 Å². The molecule has 1 aliphatic heterocycles. The first-order chi connectivity index (χ1) is 14.7. The van der Waals surface area contributed by atoms with E-state index in [1.807, 2.05) is 0 Å². The van der Waals surface area contributed by atoms with Crippen molar-refractivity contribution in [2.24, 2.45) is 5.41 Å². The normalized spacial score (nSPS) is 23.7. The minimum absolute atomic E-state index is 0.0640. The van der Waals surface area contributed by atoms with Crippen LogP contribution in [-0.2, 0) is 17.5 Å². The van der Waals surface area contributed by atoms with E-state index in [1.54, 1.807) is 12.1 Å². The van der Waals surface area contributed by atoms with Gasteiger partial charge in [0.1, 0.15) is 11.6 Å². The molecule has 166 valence electrons. The molecule has 1 aliphatic carbocycles. The Bertz CT molecular complexity index is 1030. The summed E-state index contributed by atoms with van der Waals surface area (Å²) in [6, 6.07) is 8.51. The van der Waals surface area contributed by atoms with Gasteiger partial charge in [-0.05, 0) is 42.5 Å². The lowest BCUT2D eigenvalue weighted by Crippen LogP contribution is -2.51. The lowest BCUT2D eigenvalue weighted by atomic mass is 9.90. The number of nitrogens with zero attached hydrogens (tertiary/aromatic N) is 1. The maximum atomic E-state index is 15.3. The average molecular weight is 454 g/mol. The molecule has 0 aromatic heterocycles. The van der Waals surface area contributed by atoms with E-state index in [0.717, 1.165) is 4.90 Å². The second-order valence-electron chi connectivity index (χ2n) is 8.07. The summed E-state index contributed by atoms with van der Waals surface area (Å²) in [4.78, 5) is 13.0. The molecule has 1 heterocycles. The number of carboxylic acid groups (broad SMARTS) is 1. The number of nitrogens with one attached hydrogen (secondary N) is 1. The van der Waals surface area contributed by atoms with Crippen LogP contribution in [0.25, 0.3) is 11.1 Å². The number of benzene rings is 2. The zero-order chi connectivity index (χ0) is 22.3. The van der Waals surface area contributed by atoms with Crippen LogP contribution < -0.4 is 5.32 Å². The smallest absolute Gasteiger partial charge is 0.407 e. The molecular formula is C21H21F3N2O4S. The molecule has 3 N–H and O–H groups in total. The van der Waals surface area contributed by atoms with Crippen LogP contribution in [0, 0.1) is 17.0 Å². The lowest BCUT2D eigenvalue weighted by Gasteiger charge is -2.29. The van der Waals surface area contributed by atoms with Crippen molar-refractivity contribution in [2.75, 3.05) is 6.54 Å². The summed E-state index contributed by atoms with van der Waals surface area (Å²) >= 11 is -2.78. The van der Waals surface area contributed by atoms with Crippen LogP contribution >= 0.6 is 0 Å². The van der Waals surface area contributed by atoms with Gasteiger partial charge in [-0.1, -0.05) is 30.3 Å². The molecular weight excluding hydrogens is 433 g/mol. The summed E-state index contributed by atoms with van der Waals surface area (Å²) in [5, 5.41) is 12.1. The predicted octanol–water partition coefficient (Wildman–Crippen LogP) is 3.75. The third-order valence-corrected chi connectivity index (χ3v) is 6.69. The number of hydrogen-bond acceptors (Lipinski definition) is 3. The first kappa shape index (κ1) is 21.8. The molecule has 1 saturated carbocycles. The highest BCUT2D eigenvalue weighted by molar-refractivity contribution is 7.79. The largest absolute Gasteiger partial charge is 0.465 e. The fraction of sp³-hybridized carbons (Fsp3) is 0.381. The van der Waals surface area contributed by atoms with E-state index in [-0.39, 0.29) is 24.1 Å². The van der Waals surface area contributed by atoms with E-state index in [2.05, 4.69) is 5.32 Å². The Hall–Kier alpha value is -2.43. The number of alkyl halides is 1. The highest BCUT2D eigenvalue weighted by Crippen LogP contribution is 2.55. The summed E-state index contributed by atoms with van der Waals surface area (Å²) < 4.78 is 63.2. The Labute approximate surface area is 179 Å². The molecule has 6 nitrogen and oxygen atoms in total. The van der Waals surface area contributed by atoms with Crippen LogP contribution in [0.3, 0.4) is 0 Å². The summed E-state index contributed by atoms with van der Waals surface area (Å²) in [5.74, 6) is -1.13. The summed E-state index contributed by atoms with van der Waals surface area (Å²) in [7, 11) is 0. The molecule has 31 heavy (non-hydrogen) atoms. The fourth-order valence-corrected chi connectivity index (χ4v) is 4.80. The lowest BCUT2D eigenvalue weighted by molar-refractivity contribution is 0.134. The van der Waals surface area contributed by atoms with E-state index in [4.69, 9.17) is 4.55 Å². The van der Waals surface area contributed by atoms with Crippen molar-refractivity contribution in [3.05, 3.63) is 59.7 Å². The quantitative estimate of drug-likeness (QED) is 0.457. The Morgan fingerprint density at radius 2 is 1.97 bits per heavy atom. The van der Waals surface area contributed by atoms with Crippen molar-refractivity contribution < 1.29 is 31.8 Å². The third kappa shape index (κ3) is 4.19. The van der Waals surface area contributed by atoms with Crippen molar-refractivity contribution in [3.8, 4) is 11.1 Å². The Morgan fingerprint density at radius 1 is 1.26 bits per heavy atom. The standard InChI is InChI=1S/C21H21F3N2O4S/c22-14-5-1-3-12(9-14)15-6-2-4-13(17(15)23)10-16-18(25-19(24)31(29)30)21(7-8-21)11-26(16)20(27)28/h1-6,9,16,18-19,25H,7-8,10-11H2,(H,27,28)(H,29,30)/t16-,18+,19?/m0/s1. The first-order valence-electron chi connectivity index (χ1n) is 9.74. The minimum atomic E-state index is -2.78.